The van der Waals surface area contributed by atoms with Gasteiger partial charge in [-0.25, -0.2) is 4.79 Å². The fraction of sp³-hybridized carbons (Fsp3) is 0.857. The van der Waals surface area contributed by atoms with Crippen LogP contribution in [0.3, 0.4) is 0 Å². The molecule has 0 atom stereocenters. The minimum atomic E-state index is -0.815. The largest absolute Gasteiger partial charge is 0.480 e. The second kappa shape index (κ2) is 4.91. The minimum Gasteiger partial charge on any atom is -0.480 e. The van der Waals surface area contributed by atoms with Crippen molar-refractivity contribution in [2.45, 2.75) is 33.7 Å². The third-order valence-corrected chi connectivity index (χ3v) is 5.31. The predicted octanol–water partition coefficient (Wildman–Crippen LogP) is 0.833. The number of carboxylic acids is 1. The van der Waals surface area contributed by atoms with Gasteiger partial charge in [-0.3, -0.25) is 9.69 Å². The van der Waals surface area contributed by atoms with Gasteiger partial charge in [0.05, 0.1) is 6.54 Å². The van der Waals surface area contributed by atoms with Gasteiger partial charge in [0.1, 0.15) is 0 Å². The van der Waals surface area contributed by atoms with Gasteiger partial charge in [0.25, 0.3) is 0 Å². The van der Waals surface area contributed by atoms with Crippen LogP contribution in [0.15, 0.2) is 0 Å². The molecule has 0 aromatic carbocycles. The Bertz CT molecular complexity index is 398. The Morgan fingerprint density at radius 1 is 1.10 bits per heavy atom. The van der Waals surface area contributed by atoms with Crippen molar-refractivity contribution in [3.63, 3.8) is 0 Å². The lowest BCUT2D eigenvalue weighted by Crippen LogP contribution is -2.53. The van der Waals surface area contributed by atoms with E-state index in [9.17, 15) is 9.59 Å². The number of aliphatic carboxylic acids is 1. The molecule has 6 nitrogen and oxygen atoms in total. The molecule has 2 rings (SSSR count). The first-order valence-electron chi connectivity index (χ1n) is 7.16. The van der Waals surface area contributed by atoms with Crippen LogP contribution in [0.2, 0.25) is 0 Å². The molecule has 0 bridgehead atoms. The Morgan fingerprint density at radius 3 is 2.00 bits per heavy atom. The van der Waals surface area contributed by atoms with Crippen LogP contribution in [-0.2, 0) is 4.79 Å². The van der Waals surface area contributed by atoms with Crippen LogP contribution in [-0.4, -0.2) is 65.7 Å². The van der Waals surface area contributed by atoms with Gasteiger partial charge in [-0.1, -0.05) is 27.7 Å². The maximum atomic E-state index is 12.2. The summed E-state index contributed by atoms with van der Waals surface area (Å²) in [6.07, 6.45) is 0. The molecule has 1 aliphatic heterocycles. The molecule has 20 heavy (non-hydrogen) atoms. The molecule has 1 heterocycles. The molecule has 1 aliphatic carbocycles. The molecule has 2 amide bonds. The number of carbonyl (C=O) groups is 2. The van der Waals surface area contributed by atoms with Gasteiger partial charge in [-0.05, 0) is 10.8 Å². The number of carbonyl (C=O) groups excluding carboxylic acids is 1. The highest BCUT2D eigenvalue weighted by Gasteiger charge is 2.65. The van der Waals surface area contributed by atoms with Crippen LogP contribution in [0.4, 0.5) is 4.79 Å². The Morgan fingerprint density at radius 2 is 1.60 bits per heavy atom. The highest BCUT2D eigenvalue weighted by molar-refractivity contribution is 5.75. The number of hydrogen-bond acceptors (Lipinski definition) is 3. The van der Waals surface area contributed by atoms with Crippen molar-refractivity contribution in [2.24, 2.45) is 10.8 Å². The van der Waals surface area contributed by atoms with Gasteiger partial charge in [0, 0.05) is 32.2 Å². The molecule has 1 saturated carbocycles. The maximum Gasteiger partial charge on any atom is 0.317 e. The Kier molecular flexibility index (Phi) is 3.71. The van der Waals surface area contributed by atoms with Crippen molar-refractivity contribution in [2.75, 3.05) is 32.7 Å². The number of rotatable bonds is 3. The van der Waals surface area contributed by atoms with Crippen molar-refractivity contribution in [3.8, 4) is 0 Å². The lowest BCUT2D eigenvalue weighted by molar-refractivity contribution is -0.138. The van der Waals surface area contributed by atoms with Crippen LogP contribution >= 0.6 is 0 Å². The molecule has 0 aromatic heterocycles. The van der Waals surface area contributed by atoms with Crippen LogP contribution in [0.25, 0.3) is 0 Å². The Hall–Kier alpha value is -1.30. The lowest BCUT2D eigenvalue weighted by Gasteiger charge is -2.34. The molecule has 0 aromatic rings. The number of amides is 2. The Balaban J connectivity index is 1.80. The molecule has 0 spiro atoms. The maximum absolute atomic E-state index is 12.2. The van der Waals surface area contributed by atoms with Gasteiger partial charge in [-0.15, -0.1) is 0 Å². The van der Waals surface area contributed by atoms with E-state index >= 15 is 0 Å². The Labute approximate surface area is 120 Å². The number of nitrogens with one attached hydrogen (secondary N) is 1. The molecule has 6 heteroatoms. The van der Waals surface area contributed by atoms with Crippen molar-refractivity contribution >= 4 is 12.0 Å². The van der Waals surface area contributed by atoms with Crippen molar-refractivity contribution in [3.05, 3.63) is 0 Å². The minimum absolute atomic E-state index is 0.0244. The number of carboxylic acid groups (broad SMARTS) is 1. The van der Waals surface area contributed by atoms with E-state index in [-0.39, 0.29) is 29.4 Å². The summed E-state index contributed by atoms with van der Waals surface area (Å²) in [5.41, 5.74) is 0.265. The summed E-state index contributed by atoms with van der Waals surface area (Å²) in [5, 5.41) is 11.9. The van der Waals surface area contributed by atoms with Gasteiger partial charge in [0.2, 0.25) is 0 Å². The molecule has 2 N–H and O–H groups in total. The summed E-state index contributed by atoms with van der Waals surface area (Å²) in [6.45, 7) is 11.2. The predicted molar refractivity (Wildman–Crippen MR) is 75.5 cm³/mol. The smallest absolute Gasteiger partial charge is 0.317 e. The summed E-state index contributed by atoms with van der Waals surface area (Å²) in [4.78, 5) is 26.5. The van der Waals surface area contributed by atoms with E-state index in [1.165, 1.54) is 0 Å². The van der Waals surface area contributed by atoms with E-state index in [1.54, 1.807) is 4.90 Å². The van der Waals surface area contributed by atoms with Crippen molar-refractivity contribution in [1.29, 1.82) is 0 Å². The summed E-state index contributed by atoms with van der Waals surface area (Å²) < 4.78 is 0. The second-order valence-electron chi connectivity index (χ2n) is 6.98. The number of hydrogen-bond donors (Lipinski definition) is 2. The van der Waals surface area contributed by atoms with E-state index in [0.717, 1.165) is 0 Å². The zero-order valence-corrected chi connectivity index (χ0v) is 12.8. The quantitative estimate of drug-likeness (QED) is 0.805. The summed E-state index contributed by atoms with van der Waals surface area (Å²) in [5.74, 6) is -0.815. The summed E-state index contributed by atoms with van der Waals surface area (Å²) in [6, 6.07) is 0.183. The van der Waals surface area contributed by atoms with E-state index in [2.05, 4.69) is 33.0 Å². The van der Waals surface area contributed by atoms with Crippen LogP contribution in [0, 0.1) is 10.8 Å². The zero-order chi connectivity index (χ0) is 15.1. The molecule has 2 aliphatic rings. The first-order chi connectivity index (χ1) is 9.16. The van der Waals surface area contributed by atoms with E-state index in [1.807, 2.05) is 4.90 Å². The summed E-state index contributed by atoms with van der Waals surface area (Å²) >= 11 is 0. The molecule has 114 valence electrons. The van der Waals surface area contributed by atoms with E-state index < -0.39 is 5.97 Å². The number of nitrogens with zero attached hydrogens (tertiary/aromatic N) is 2. The highest BCUT2D eigenvalue weighted by atomic mass is 16.4. The normalized spacial score (nSPS) is 25.3. The molecule has 1 saturated heterocycles. The van der Waals surface area contributed by atoms with Gasteiger partial charge in [-0.2, -0.15) is 0 Å². The average Bonchev–Trinajstić information content (AvgIpc) is 2.72. The lowest BCUT2D eigenvalue weighted by atomic mass is 10.0. The second-order valence-corrected chi connectivity index (χ2v) is 6.98. The van der Waals surface area contributed by atoms with Crippen LogP contribution in [0.5, 0.6) is 0 Å². The molecule has 0 unspecified atom stereocenters. The first-order valence-corrected chi connectivity index (χ1v) is 7.16. The summed E-state index contributed by atoms with van der Waals surface area (Å²) in [7, 11) is 0. The molecule has 0 radical (unpaired) electrons. The van der Waals surface area contributed by atoms with Crippen LogP contribution < -0.4 is 5.32 Å². The molecular formula is C14H25N3O3. The fourth-order valence-electron chi connectivity index (χ4n) is 3.07. The van der Waals surface area contributed by atoms with Crippen LogP contribution in [0.1, 0.15) is 27.7 Å². The topological polar surface area (TPSA) is 72.9 Å². The fourth-order valence-corrected chi connectivity index (χ4v) is 3.07. The van der Waals surface area contributed by atoms with Gasteiger partial charge < -0.3 is 15.3 Å². The SMILES string of the molecule is CC1(C)C(NC(=O)N2CCN(CC(=O)O)CC2)C1(C)C. The first kappa shape index (κ1) is 15.1. The monoisotopic (exact) mass is 283 g/mol. The average molecular weight is 283 g/mol. The number of piperazine rings is 1. The van der Waals surface area contributed by atoms with Crippen molar-refractivity contribution < 1.29 is 14.7 Å². The molecular weight excluding hydrogens is 258 g/mol. The number of urea groups is 1. The molecule has 2 fully saturated rings. The van der Waals surface area contributed by atoms with E-state index in [0.29, 0.717) is 26.2 Å². The highest BCUT2D eigenvalue weighted by Crippen LogP contribution is 2.62. The van der Waals surface area contributed by atoms with Gasteiger partial charge >= 0.3 is 12.0 Å². The van der Waals surface area contributed by atoms with E-state index in [4.69, 9.17) is 5.11 Å². The van der Waals surface area contributed by atoms with Gasteiger partial charge in [0.15, 0.2) is 0 Å². The third kappa shape index (κ3) is 2.61. The van der Waals surface area contributed by atoms with Crippen molar-refractivity contribution in [1.82, 2.24) is 15.1 Å². The zero-order valence-electron chi connectivity index (χ0n) is 12.8. The standard InChI is InChI=1S/C14H25N3O3/c1-13(2)11(14(13,3)4)15-12(20)17-7-5-16(6-8-17)9-10(18)19/h11H,5-9H2,1-4H3,(H,15,20)(H,18,19). The third-order valence-electron chi connectivity index (χ3n) is 5.31.